The highest BCUT2D eigenvalue weighted by Gasteiger charge is 2.20. The maximum absolute atomic E-state index is 12.8. The van der Waals surface area contributed by atoms with Crippen molar-refractivity contribution in [2.45, 2.75) is 64.2 Å². The van der Waals surface area contributed by atoms with Crippen LogP contribution < -0.4 is 0 Å². The molecule has 1 aliphatic rings. The fourth-order valence-electron chi connectivity index (χ4n) is 3.69. The molecule has 23 heavy (non-hydrogen) atoms. The van der Waals surface area contributed by atoms with Crippen LogP contribution in [0.1, 0.15) is 63.4 Å². The monoisotopic (exact) mass is 313 g/mol. The maximum atomic E-state index is 12.8. The van der Waals surface area contributed by atoms with Gasteiger partial charge in [0, 0.05) is 6.08 Å². The molecule has 0 bridgehead atoms. The first kappa shape index (κ1) is 17.7. The van der Waals surface area contributed by atoms with Crippen LogP contribution in [-0.2, 0) is 6.42 Å². The van der Waals surface area contributed by atoms with Gasteiger partial charge in [-0.15, -0.1) is 0 Å². The summed E-state index contributed by atoms with van der Waals surface area (Å²) in [5, 5.41) is 8.47. The van der Waals surface area contributed by atoms with Gasteiger partial charge in [-0.3, -0.25) is 0 Å². The van der Waals surface area contributed by atoms with Crippen LogP contribution in [0.4, 0.5) is 4.39 Å². The lowest BCUT2D eigenvalue weighted by Crippen LogP contribution is -2.14. The molecule has 1 aromatic rings. The van der Waals surface area contributed by atoms with Crippen LogP contribution in [0.15, 0.2) is 36.4 Å². The van der Waals surface area contributed by atoms with Gasteiger partial charge in [-0.2, -0.15) is 5.26 Å². The lowest BCUT2D eigenvalue weighted by molar-refractivity contribution is 0.250. The first-order valence-corrected chi connectivity index (χ1v) is 9.07. The SMILES string of the molecule is N#CC=CCC[C@H]1CC[C@H](CCCCc2ccc(F)cc2)CC1. The number of hydrogen-bond donors (Lipinski definition) is 0. The van der Waals surface area contributed by atoms with E-state index in [4.69, 9.17) is 5.26 Å². The predicted molar refractivity (Wildman–Crippen MR) is 93.4 cm³/mol. The molecule has 2 rings (SSSR count). The Kier molecular flexibility index (Phi) is 7.87. The van der Waals surface area contributed by atoms with E-state index >= 15 is 0 Å². The van der Waals surface area contributed by atoms with Crippen molar-refractivity contribution in [2.75, 3.05) is 0 Å². The van der Waals surface area contributed by atoms with Crippen molar-refractivity contribution in [3.63, 3.8) is 0 Å². The Morgan fingerprint density at radius 2 is 1.65 bits per heavy atom. The summed E-state index contributed by atoms with van der Waals surface area (Å²) in [4.78, 5) is 0. The highest BCUT2D eigenvalue weighted by atomic mass is 19.1. The average molecular weight is 313 g/mol. The normalized spacial score (nSPS) is 21.4. The molecule has 124 valence electrons. The minimum Gasteiger partial charge on any atom is -0.207 e. The second-order valence-electron chi connectivity index (χ2n) is 6.87. The molecule has 0 saturated heterocycles. The first-order valence-electron chi connectivity index (χ1n) is 9.07. The van der Waals surface area contributed by atoms with Crippen LogP contribution in [0.5, 0.6) is 0 Å². The van der Waals surface area contributed by atoms with Crippen LogP contribution in [0.2, 0.25) is 0 Å². The largest absolute Gasteiger partial charge is 0.207 e. The van der Waals surface area contributed by atoms with Gasteiger partial charge in [-0.1, -0.05) is 56.7 Å². The molecule has 0 spiro atoms. The number of halogens is 1. The summed E-state index contributed by atoms with van der Waals surface area (Å²) in [5.41, 5.74) is 1.25. The van der Waals surface area contributed by atoms with Crippen LogP contribution >= 0.6 is 0 Å². The number of rotatable bonds is 8. The van der Waals surface area contributed by atoms with Gasteiger partial charge in [0.1, 0.15) is 5.82 Å². The van der Waals surface area contributed by atoms with Crippen molar-refractivity contribution in [3.05, 3.63) is 47.8 Å². The van der Waals surface area contributed by atoms with Crippen LogP contribution in [0.3, 0.4) is 0 Å². The van der Waals surface area contributed by atoms with Gasteiger partial charge in [0.15, 0.2) is 0 Å². The fourth-order valence-corrected chi connectivity index (χ4v) is 3.69. The van der Waals surface area contributed by atoms with E-state index in [1.54, 1.807) is 18.2 Å². The summed E-state index contributed by atoms with van der Waals surface area (Å²) in [5.74, 6) is 1.64. The Labute approximate surface area is 140 Å². The van der Waals surface area contributed by atoms with Gasteiger partial charge in [0.25, 0.3) is 0 Å². The number of unbranched alkanes of at least 4 members (excludes halogenated alkanes) is 1. The minimum atomic E-state index is -0.145. The topological polar surface area (TPSA) is 23.8 Å². The van der Waals surface area contributed by atoms with Gasteiger partial charge in [-0.05, 0) is 55.2 Å². The molecule has 1 saturated carbocycles. The van der Waals surface area contributed by atoms with E-state index in [2.05, 4.69) is 6.07 Å². The molecule has 1 nitrogen and oxygen atoms in total. The summed E-state index contributed by atoms with van der Waals surface area (Å²) < 4.78 is 12.8. The second kappa shape index (κ2) is 10.2. The Hall–Kier alpha value is -1.62. The summed E-state index contributed by atoms with van der Waals surface area (Å²) in [7, 11) is 0. The highest BCUT2D eigenvalue weighted by Crippen LogP contribution is 2.34. The van der Waals surface area contributed by atoms with Crippen LogP contribution in [0.25, 0.3) is 0 Å². The summed E-state index contributed by atoms with van der Waals surface area (Å²) in [6.07, 6.45) is 16.3. The highest BCUT2D eigenvalue weighted by molar-refractivity contribution is 5.15. The third kappa shape index (κ3) is 6.99. The molecule has 0 aromatic heterocycles. The number of benzene rings is 1. The standard InChI is InChI=1S/C21H28FN/c22-21-15-13-20(14-16-21)8-4-3-7-19-11-9-18(10-12-19)6-2-1-5-17-23/h1,5,13-16,18-19H,2-4,6-12H2/t18-,19-. The minimum absolute atomic E-state index is 0.145. The van der Waals surface area contributed by atoms with Gasteiger partial charge >= 0.3 is 0 Å². The van der Waals surface area contributed by atoms with Crippen molar-refractivity contribution in [3.8, 4) is 6.07 Å². The van der Waals surface area contributed by atoms with Crippen LogP contribution in [-0.4, -0.2) is 0 Å². The zero-order valence-electron chi connectivity index (χ0n) is 14.0. The molecular formula is C21H28FN. The quantitative estimate of drug-likeness (QED) is 0.414. The van der Waals surface area contributed by atoms with Gasteiger partial charge < -0.3 is 0 Å². The molecule has 1 aliphatic carbocycles. The molecule has 0 unspecified atom stereocenters. The van der Waals surface area contributed by atoms with Crippen molar-refractivity contribution in [1.82, 2.24) is 0 Å². The van der Waals surface area contributed by atoms with Gasteiger partial charge in [0.05, 0.1) is 6.07 Å². The van der Waals surface area contributed by atoms with Crippen molar-refractivity contribution >= 4 is 0 Å². The van der Waals surface area contributed by atoms with E-state index < -0.39 is 0 Å². The third-order valence-corrected chi connectivity index (χ3v) is 5.14. The number of hydrogen-bond acceptors (Lipinski definition) is 1. The van der Waals surface area contributed by atoms with Crippen molar-refractivity contribution in [1.29, 1.82) is 5.26 Å². The number of allylic oxidation sites excluding steroid dienone is 2. The van der Waals surface area contributed by atoms with E-state index in [-0.39, 0.29) is 5.82 Å². The lowest BCUT2D eigenvalue weighted by atomic mass is 9.78. The molecule has 0 N–H and O–H groups in total. The summed E-state index contributed by atoms with van der Waals surface area (Å²) in [6, 6.07) is 8.98. The molecule has 0 amide bonds. The predicted octanol–water partition coefficient (Wildman–Crippen LogP) is 6.20. The lowest BCUT2D eigenvalue weighted by Gasteiger charge is -2.28. The summed E-state index contributed by atoms with van der Waals surface area (Å²) in [6.45, 7) is 0. The second-order valence-corrected chi connectivity index (χ2v) is 6.87. The van der Waals surface area contributed by atoms with E-state index in [0.29, 0.717) is 0 Å². The molecule has 0 radical (unpaired) electrons. The fraction of sp³-hybridized carbons (Fsp3) is 0.571. The number of aryl methyl sites for hydroxylation is 1. The molecule has 1 fully saturated rings. The maximum Gasteiger partial charge on any atom is 0.123 e. The molecule has 2 heteroatoms. The Morgan fingerprint density at radius 1 is 1.00 bits per heavy atom. The number of nitrogens with zero attached hydrogens (tertiary/aromatic N) is 1. The molecular weight excluding hydrogens is 285 g/mol. The Morgan fingerprint density at radius 3 is 2.30 bits per heavy atom. The van der Waals surface area contributed by atoms with Gasteiger partial charge in [-0.25, -0.2) is 4.39 Å². The van der Waals surface area contributed by atoms with E-state index in [1.807, 2.05) is 18.2 Å². The molecule has 1 aromatic carbocycles. The van der Waals surface area contributed by atoms with Crippen molar-refractivity contribution < 1.29 is 4.39 Å². The zero-order chi connectivity index (χ0) is 16.3. The zero-order valence-corrected chi connectivity index (χ0v) is 14.0. The average Bonchev–Trinajstić information content (AvgIpc) is 2.58. The number of nitriles is 1. The van der Waals surface area contributed by atoms with Gasteiger partial charge in [0.2, 0.25) is 0 Å². The molecule has 0 atom stereocenters. The van der Waals surface area contributed by atoms with Crippen molar-refractivity contribution in [2.24, 2.45) is 11.8 Å². The van der Waals surface area contributed by atoms with E-state index in [0.717, 1.165) is 24.7 Å². The molecule has 0 heterocycles. The smallest absolute Gasteiger partial charge is 0.123 e. The first-order chi connectivity index (χ1) is 11.3. The van der Waals surface area contributed by atoms with Crippen LogP contribution in [0, 0.1) is 29.0 Å². The Bertz CT molecular complexity index is 504. The Balaban J connectivity index is 1.53. The third-order valence-electron chi connectivity index (χ3n) is 5.14. The summed E-state index contributed by atoms with van der Waals surface area (Å²) >= 11 is 0. The van der Waals surface area contributed by atoms with E-state index in [1.165, 1.54) is 56.9 Å². The van der Waals surface area contributed by atoms with E-state index in [9.17, 15) is 4.39 Å². The molecule has 0 aliphatic heterocycles.